The molecule has 1 aliphatic rings. The van der Waals surface area contributed by atoms with Gasteiger partial charge < -0.3 is 10.5 Å². The van der Waals surface area contributed by atoms with E-state index in [-0.39, 0.29) is 6.04 Å². The van der Waals surface area contributed by atoms with Gasteiger partial charge in [0.05, 0.1) is 11.6 Å². The van der Waals surface area contributed by atoms with Gasteiger partial charge in [0.15, 0.2) is 0 Å². The van der Waals surface area contributed by atoms with E-state index in [4.69, 9.17) is 10.5 Å². The number of benzene rings is 1. The molecule has 0 saturated heterocycles. The molecule has 0 aromatic heterocycles. The second-order valence-corrected chi connectivity index (χ2v) is 4.15. The molecule has 0 saturated carbocycles. The molecule has 0 fully saturated rings. The molecule has 13 heavy (non-hydrogen) atoms. The fraction of sp³-hybridized carbons (Fsp3) is 0.400. The number of hydrogen-bond acceptors (Lipinski definition) is 2. The Bertz CT molecular complexity index is 338. The Morgan fingerprint density at radius 1 is 1.54 bits per heavy atom. The Morgan fingerprint density at radius 2 is 2.31 bits per heavy atom. The summed E-state index contributed by atoms with van der Waals surface area (Å²) in [5.74, 6) is 0.905. The monoisotopic (exact) mass is 241 g/mol. The average Bonchev–Trinajstić information content (AvgIpc) is 2.49. The number of halogens is 1. The van der Waals surface area contributed by atoms with Gasteiger partial charge in [-0.25, -0.2) is 0 Å². The van der Waals surface area contributed by atoms with E-state index in [1.807, 2.05) is 6.07 Å². The first kappa shape index (κ1) is 9.03. The zero-order valence-corrected chi connectivity index (χ0v) is 9.10. The predicted molar refractivity (Wildman–Crippen MR) is 55.9 cm³/mol. The molecule has 1 unspecified atom stereocenters. The Kier molecular flexibility index (Phi) is 2.30. The highest BCUT2D eigenvalue weighted by atomic mass is 79.9. The van der Waals surface area contributed by atoms with E-state index < -0.39 is 0 Å². The maximum absolute atomic E-state index is 5.99. The van der Waals surface area contributed by atoms with Gasteiger partial charge in [-0.15, -0.1) is 0 Å². The van der Waals surface area contributed by atoms with Crippen LogP contribution in [0.4, 0.5) is 0 Å². The number of hydrogen-bond donors (Lipinski definition) is 1. The van der Waals surface area contributed by atoms with Gasteiger partial charge in [0.25, 0.3) is 0 Å². The van der Waals surface area contributed by atoms with Crippen molar-refractivity contribution < 1.29 is 4.74 Å². The first-order valence-electron chi connectivity index (χ1n) is 4.35. The standard InChI is InChI=1S/C10H12BrNO/c1-13-10-7(11)4-2-6-3-5-8(12)9(6)10/h2,4,8H,3,5,12H2,1H3. The van der Waals surface area contributed by atoms with Crippen LogP contribution in [-0.2, 0) is 6.42 Å². The van der Waals surface area contributed by atoms with Gasteiger partial charge in [-0.2, -0.15) is 0 Å². The zero-order valence-electron chi connectivity index (χ0n) is 7.51. The summed E-state index contributed by atoms with van der Waals surface area (Å²) >= 11 is 3.46. The molecule has 1 aromatic rings. The molecule has 70 valence electrons. The van der Waals surface area contributed by atoms with Crippen molar-refractivity contribution in [3.8, 4) is 5.75 Å². The third-order valence-electron chi connectivity index (χ3n) is 2.54. The van der Waals surface area contributed by atoms with Gasteiger partial charge in [0.2, 0.25) is 0 Å². The predicted octanol–water partition coefficient (Wildman–Crippen LogP) is 2.40. The van der Waals surface area contributed by atoms with E-state index in [0.29, 0.717) is 0 Å². The average molecular weight is 242 g/mol. The van der Waals surface area contributed by atoms with Crippen LogP contribution in [0, 0.1) is 0 Å². The van der Waals surface area contributed by atoms with E-state index in [9.17, 15) is 0 Å². The van der Waals surface area contributed by atoms with E-state index in [0.717, 1.165) is 23.1 Å². The SMILES string of the molecule is COc1c(Br)ccc2c1C(N)CC2. The van der Waals surface area contributed by atoms with E-state index in [1.165, 1.54) is 11.1 Å². The lowest BCUT2D eigenvalue weighted by Gasteiger charge is -2.12. The van der Waals surface area contributed by atoms with Crippen LogP contribution < -0.4 is 10.5 Å². The van der Waals surface area contributed by atoms with Gasteiger partial charge in [0, 0.05) is 11.6 Å². The number of fused-ring (bicyclic) bond motifs is 1. The summed E-state index contributed by atoms with van der Waals surface area (Å²) in [6.45, 7) is 0. The van der Waals surface area contributed by atoms with E-state index >= 15 is 0 Å². The molecule has 0 radical (unpaired) electrons. The molecule has 0 spiro atoms. The summed E-state index contributed by atoms with van der Waals surface area (Å²) in [5, 5.41) is 0. The minimum absolute atomic E-state index is 0.141. The molecule has 2 nitrogen and oxygen atoms in total. The van der Waals surface area contributed by atoms with Gasteiger partial charge in [-0.3, -0.25) is 0 Å². The Balaban J connectivity index is 2.60. The minimum atomic E-state index is 0.141. The topological polar surface area (TPSA) is 35.2 Å². The molecule has 1 atom stereocenters. The van der Waals surface area contributed by atoms with Crippen molar-refractivity contribution in [2.45, 2.75) is 18.9 Å². The van der Waals surface area contributed by atoms with Crippen molar-refractivity contribution in [3.05, 3.63) is 27.7 Å². The first-order chi connectivity index (χ1) is 6.24. The normalized spacial score (nSPS) is 20.1. The number of aryl methyl sites for hydroxylation is 1. The van der Waals surface area contributed by atoms with Crippen LogP contribution in [0.25, 0.3) is 0 Å². The van der Waals surface area contributed by atoms with Crippen molar-refractivity contribution >= 4 is 15.9 Å². The fourth-order valence-electron chi connectivity index (χ4n) is 1.90. The van der Waals surface area contributed by atoms with Crippen LogP contribution in [0.2, 0.25) is 0 Å². The molecule has 2 rings (SSSR count). The molecule has 0 amide bonds. The number of rotatable bonds is 1. The van der Waals surface area contributed by atoms with Gasteiger partial charge >= 0.3 is 0 Å². The lowest BCUT2D eigenvalue weighted by molar-refractivity contribution is 0.404. The van der Waals surface area contributed by atoms with Crippen LogP contribution in [0.3, 0.4) is 0 Å². The molecule has 0 bridgehead atoms. The number of methoxy groups -OCH3 is 1. The quantitative estimate of drug-likeness (QED) is 0.820. The molecule has 0 heterocycles. The minimum Gasteiger partial charge on any atom is -0.495 e. The maximum Gasteiger partial charge on any atom is 0.138 e. The molecule has 0 aliphatic heterocycles. The van der Waals surface area contributed by atoms with Gasteiger partial charge in [0.1, 0.15) is 5.75 Å². The van der Waals surface area contributed by atoms with Crippen LogP contribution in [-0.4, -0.2) is 7.11 Å². The first-order valence-corrected chi connectivity index (χ1v) is 5.14. The Labute approximate surface area is 86.2 Å². The molecular formula is C10H12BrNO. The van der Waals surface area contributed by atoms with Gasteiger partial charge in [-0.05, 0) is 40.4 Å². The summed E-state index contributed by atoms with van der Waals surface area (Å²) in [5.41, 5.74) is 8.49. The Hall–Kier alpha value is -0.540. The summed E-state index contributed by atoms with van der Waals surface area (Å²) in [4.78, 5) is 0. The molecule has 1 aliphatic carbocycles. The zero-order chi connectivity index (χ0) is 9.42. The highest BCUT2D eigenvalue weighted by Gasteiger charge is 2.24. The third kappa shape index (κ3) is 1.36. The Morgan fingerprint density at radius 3 is 3.00 bits per heavy atom. The largest absolute Gasteiger partial charge is 0.495 e. The summed E-state index contributed by atoms with van der Waals surface area (Å²) in [6.07, 6.45) is 2.10. The molecule has 2 N–H and O–H groups in total. The van der Waals surface area contributed by atoms with Crippen molar-refractivity contribution in [1.29, 1.82) is 0 Å². The van der Waals surface area contributed by atoms with Crippen LogP contribution >= 0.6 is 15.9 Å². The fourth-order valence-corrected chi connectivity index (χ4v) is 2.41. The number of ether oxygens (including phenoxy) is 1. The second kappa shape index (κ2) is 3.31. The number of nitrogens with two attached hydrogens (primary N) is 1. The van der Waals surface area contributed by atoms with Gasteiger partial charge in [-0.1, -0.05) is 6.07 Å². The highest BCUT2D eigenvalue weighted by molar-refractivity contribution is 9.10. The van der Waals surface area contributed by atoms with Crippen LogP contribution in [0.15, 0.2) is 16.6 Å². The van der Waals surface area contributed by atoms with Crippen molar-refractivity contribution in [1.82, 2.24) is 0 Å². The second-order valence-electron chi connectivity index (χ2n) is 3.30. The van der Waals surface area contributed by atoms with Crippen molar-refractivity contribution in [2.24, 2.45) is 5.73 Å². The maximum atomic E-state index is 5.99. The summed E-state index contributed by atoms with van der Waals surface area (Å²) < 4.78 is 6.32. The molecule has 3 heteroatoms. The molecular weight excluding hydrogens is 230 g/mol. The smallest absolute Gasteiger partial charge is 0.138 e. The molecule has 1 aromatic carbocycles. The summed E-state index contributed by atoms with van der Waals surface area (Å²) in [6, 6.07) is 4.28. The summed E-state index contributed by atoms with van der Waals surface area (Å²) in [7, 11) is 1.69. The lowest BCUT2D eigenvalue weighted by atomic mass is 10.1. The van der Waals surface area contributed by atoms with Crippen LogP contribution in [0.1, 0.15) is 23.6 Å². The van der Waals surface area contributed by atoms with Crippen LogP contribution in [0.5, 0.6) is 5.75 Å². The van der Waals surface area contributed by atoms with E-state index in [2.05, 4.69) is 22.0 Å². The van der Waals surface area contributed by atoms with Crippen molar-refractivity contribution in [3.63, 3.8) is 0 Å². The van der Waals surface area contributed by atoms with Crippen molar-refractivity contribution in [2.75, 3.05) is 7.11 Å². The van der Waals surface area contributed by atoms with E-state index in [1.54, 1.807) is 7.11 Å². The third-order valence-corrected chi connectivity index (χ3v) is 3.16. The lowest BCUT2D eigenvalue weighted by Crippen LogP contribution is -2.07. The highest BCUT2D eigenvalue weighted by Crippen LogP contribution is 2.40.